The minimum Gasteiger partial charge on any atom is -0.435 e. The fourth-order valence-electron chi connectivity index (χ4n) is 1.71. The number of carbonyl (C=O) groups is 1. The molecule has 0 spiro atoms. The van der Waals surface area contributed by atoms with Crippen LogP contribution in [0, 0.1) is 5.82 Å². The molecule has 2 aromatic carbocycles. The lowest BCUT2D eigenvalue weighted by Gasteiger charge is -2.06. The number of nitrogens with zero attached hydrogens (tertiary/aromatic N) is 1. The van der Waals surface area contributed by atoms with E-state index in [1.54, 1.807) is 6.07 Å². The van der Waals surface area contributed by atoms with Crippen molar-refractivity contribution in [2.75, 3.05) is 11.9 Å². The summed E-state index contributed by atoms with van der Waals surface area (Å²) in [6.45, 7) is -3.31. The highest BCUT2D eigenvalue weighted by Crippen LogP contribution is 2.19. The van der Waals surface area contributed by atoms with Gasteiger partial charge in [-0.25, -0.2) is 4.39 Å². The number of amides is 1. The molecule has 0 aliphatic carbocycles. The van der Waals surface area contributed by atoms with Crippen molar-refractivity contribution in [1.29, 1.82) is 0 Å². The molecule has 2 aromatic rings. The maximum Gasteiger partial charge on any atom is 0.387 e. The van der Waals surface area contributed by atoms with Gasteiger partial charge in [-0.1, -0.05) is 21.1 Å². The SMILES string of the molecule is O=C(CO/N=C/c1ccc(OC(F)F)cc1)Nc1ccc(Br)cc1F. The van der Waals surface area contributed by atoms with Gasteiger partial charge in [0.1, 0.15) is 11.6 Å². The molecular weight excluding hydrogens is 405 g/mol. The predicted molar refractivity (Wildman–Crippen MR) is 89.3 cm³/mol. The highest BCUT2D eigenvalue weighted by molar-refractivity contribution is 9.10. The molecule has 0 saturated heterocycles. The van der Waals surface area contributed by atoms with Crippen molar-refractivity contribution >= 4 is 33.7 Å². The van der Waals surface area contributed by atoms with E-state index in [0.29, 0.717) is 10.0 Å². The first-order valence-electron chi connectivity index (χ1n) is 6.89. The molecule has 132 valence electrons. The number of halogens is 4. The van der Waals surface area contributed by atoms with Crippen LogP contribution in [-0.4, -0.2) is 25.3 Å². The third-order valence-electron chi connectivity index (χ3n) is 2.78. The highest BCUT2D eigenvalue weighted by Gasteiger charge is 2.07. The van der Waals surface area contributed by atoms with Gasteiger partial charge in [0.25, 0.3) is 5.91 Å². The summed E-state index contributed by atoms with van der Waals surface area (Å²) in [6.07, 6.45) is 1.29. The van der Waals surface area contributed by atoms with Crippen molar-refractivity contribution < 1.29 is 27.5 Å². The monoisotopic (exact) mass is 416 g/mol. The predicted octanol–water partition coefficient (Wildman–Crippen LogP) is 4.18. The summed E-state index contributed by atoms with van der Waals surface area (Å²) in [7, 11) is 0. The molecule has 0 aliphatic heterocycles. The van der Waals surface area contributed by atoms with Crippen molar-refractivity contribution in [1.82, 2.24) is 0 Å². The van der Waals surface area contributed by atoms with Gasteiger partial charge in [-0.3, -0.25) is 4.79 Å². The topological polar surface area (TPSA) is 59.9 Å². The summed E-state index contributed by atoms with van der Waals surface area (Å²) in [5, 5.41) is 5.91. The van der Waals surface area contributed by atoms with Gasteiger partial charge in [-0.15, -0.1) is 0 Å². The second-order valence-corrected chi connectivity index (χ2v) is 5.54. The first-order valence-corrected chi connectivity index (χ1v) is 7.68. The fourth-order valence-corrected chi connectivity index (χ4v) is 2.04. The highest BCUT2D eigenvalue weighted by atomic mass is 79.9. The smallest absolute Gasteiger partial charge is 0.387 e. The molecular formula is C16H12BrF3N2O3. The van der Waals surface area contributed by atoms with E-state index in [2.05, 4.69) is 31.1 Å². The summed E-state index contributed by atoms with van der Waals surface area (Å²) >= 11 is 3.11. The van der Waals surface area contributed by atoms with Crippen LogP contribution >= 0.6 is 15.9 Å². The molecule has 0 radical (unpaired) electrons. The number of ether oxygens (including phenoxy) is 1. The van der Waals surface area contributed by atoms with Crippen LogP contribution in [0.2, 0.25) is 0 Å². The summed E-state index contributed by atoms with van der Waals surface area (Å²) in [5.41, 5.74) is 0.580. The van der Waals surface area contributed by atoms with Crippen molar-refractivity contribution in [2.24, 2.45) is 5.16 Å². The number of hydrogen-bond acceptors (Lipinski definition) is 4. The van der Waals surface area contributed by atoms with Crippen LogP contribution < -0.4 is 10.1 Å². The van der Waals surface area contributed by atoms with E-state index in [4.69, 9.17) is 4.84 Å². The number of benzene rings is 2. The van der Waals surface area contributed by atoms with E-state index in [-0.39, 0.29) is 11.4 Å². The molecule has 5 nitrogen and oxygen atoms in total. The zero-order valence-electron chi connectivity index (χ0n) is 12.6. The zero-order chi connectivity index (χ0) is 18.2. The number of anilines is 1. The van der Waals surface area contributed by atoms with Gasteiger partial charge >= 0.3 is 6.61 Å². The van der Waals surface area contributed by atoms with E-state index in [0.717, 1.165) is 0 Å². The van der Waals surface area contributed by atoms with Crippen molar-refractivity contribution in [3.05, 3.63) is 58.3 Å². The molecule has 0 aromatic heterocycles. The van der Waals surface area contributed by atoms with E-state index < -0.39 is 24.9 Å². The van der Waals surface area contributed by atoms with Crippen LogP contribution in [0.3, 0.4) is 0 Å². The maximum atomic E-state index is 13.6. The average molecular weight is 417 g/mol. The molecule has 2 rings (SSSR count). The van der Waals surface area contributed by atoms with E-state index in [1.807, 2.05) is 0 Å². The number of rotatable bonds is 7. The number of nitrogens with one attached hydrogen (secondary N) is 1. The normalized spacial score (nSPS) is 10.9. The summed E-state index contributed by atoms with van der Waals surface area (Å²) in [4.78, 5) is 16.4. The quantitative estimate of drug-likeness (QED) is 0.543. The van der Waals surface area contributed by atoms with Gasteiger partial charge in [0.2, 0.25) is 0 Å². The van der Waals surface area contributed by atoms with Crippen LogP contribution in [0.1, 0.15) is 5.56 Å². The average Bonchev–Trinajstić information content (AvgIpc) is 2.55. The fraction of sp³-hybridized carbons (Fsp3) is 0.125. The van der Waals surface area contributed by atoms with Crippen LogP contribution in [0.25, 0.3) is 0 Å². The van der Waals surface area contributed by atoms with Crippen LogP contribution in [-0.2, 0) is 9.63 Å². The van der Waals surface area contributed by atoms with Gasteiger partial charge in [-0.05, 0) is 48.0 Å². The van der Waals surface area contributed by atoms with Crippen molar-refractivity contribution in [3.8, 4) is 5.75 Å². The van der Waals surface area contributed by atoms with Crippen LogP contribution in [0.5, 0.6) is 5.75 Å². The van der Waals surface area contributed by atoms with Gasteiger partial charge in [0, 0.05) is 4.47 Å². The summed E-state index contributed by atoms with van der Waals surface area (Å²) in [6, 6.07) is 9.87. The van der Waals surface area contributed by atoms with E-state index in [9.17, 15) is 18.0 Å². The standard InChI is InChI=1S/C16H12BrF3N2O3/c17-11-3-6-14(13(18)7-11)22-15(23)9-24-21-8-10-1-4-12(5-2-10)25-16(19)20/h1-8,16H,9H2,(H,22,23)/b21-8+. The molecule has 0 saturated carbocycles. The molecule has 25 heavy (non-hydrogen) atoms. The summed E-state index contributed by atoms with van der Waals surface area (Å²) < 4.78 is 42.3. The Morgan fingerprint density at radius 3 is 2.60 bits per heavy atom. The lowest BCUT2D eigenvalue weighted by molar-refractivity contribution is -0.120. The molecule has 0 unspecified atom stereocenters. The minimum atomic E-state index is -2.89. The second kappa shape index (κ2) is 9.07. The zero-order valence-corrected chi connectivity index (χ0v) is 14.2. The van der Waals surface area contributed by atoms with Gasteiger partial charge in [0.05, 0.1) is 11.9 Å². The molecule has 1 N–H and O–H groups in total. The molecule has 0 fully saturated rings. The lowest BCUT2D eigenvalue weighted by atomic mass is 10.2. The Morgan fingerprint density at radius 1 is 1.24 bits per heavy atom. The van der Waals surface area contributed by atoms with Crippen molar-refractivity contribution in [2.45, 2.75) is 6.61 Å². The Labute approximate surface area is 149 Å². The third-order valence-corrected chi connectivity index (χ3v) is 3.28. The Hall–Kier alpha value is -2.55. The Kier molecular flexibility index (Phi) is 6.81. The first kappa shape index (κ1) is 18.8. The Bertz CT molecular complexity index is 755. The van der Waals surface area contributed by atoms with Gasteiger partial charge < -0.3 is 14.9 Å². The largest absolute Gasteiger partial charge is 0.435 e. The Morgan fingerprint density at radius 2 is 1.96 bits per heavy atom. The number of carbonyl (C=O) groups excluding carboxylic acids is 1. The molecule has 0 heterocycles. The molecule has 1 amide bonds. The van der Waals surface area contributed by atoms with Crippen LogP contribution in [0.4, 0.5) is 18.9 Å². The van der Waals surface area contributed by atoms with E-state index >= 15 is 0 Å². The minimum absolute atomic E-state index is 0.0176. The second-order valence-electron chi connectivity index (χ2n) is 4.63. The van der Waals surface area contributed by atoms with Gasteiger partial charge in [0.15, 0.2) is 6.61 Å². The third kappa shape index (κ3) is 6.46. The van der Waals surface area contributed by atoms with Gasteiger partial charge in [-0.2, -0.15) is 8.78 Å². The number of oxime groups is 1. The maximum absolute atomic E-state index is 13.6. The molecule has 0 aliphatic rings. The van der Waals surface area contributed by atoms with E-state index in [1.165, 1.54) is 42.6 Å². The lowest BCUT2D eigenvalue weighted by Crippen LogP contribution is -2.17. The number of alkyl halides is 2. The number of hydrogen-bond donors (Lipinski definition) is 1. The molecule has 0 bridgehead atoms. The Balaban J connectivity index is 1.79. The summed E-state index contributed by atoms with van der Waals surface area (Å²) in [5.74, 6) is -1.15. The van der Waals surface area contributed by atoms with Crippen molar-refractivity contribution in [3.63, 3.8) is 0 Å². The first-order chi connectivity index (χ1) is 11.9. The molecule has 0 atom stereocenters. The van der Waals surface area contributed by atoms with Crippen LogP contribution in [0.15, 0.2) is 52.1 Å². The molecule has 9 heteroatoms.